The van der Waals surface area contributed by atoms with Gasteiger partial charge < -0.3 is 9.47 Å². The summed E-state index contributed by atoms with van der Waals surface area (Å²) in [7, 11) is 0. The SMILES string of the molecule is CCOC(=O)C1CCCc2sc3nc(C)n(CC(=O)OCc4ccccc4)c(=O)c3c21. The number of esters is 2. The van der Waals surface area contributed by atoms with E-state index in [1.165, 1.54) is 15.9 Å². The first-order valence-electron chi connectivity index (χ1n) is 10.4. The topological polar surface area (TPSA) is 87.5 Å². The molecule has 1 aromatic carbocycles. The van der Waals surface area contributed by atoms with Crippen LogP contribution in [0.1, 0.15) is 47.5 Å². The van der Waals surface area contributed by atoms with Crippen molar-refractivity contribution in [2.75, 3.05) is 6.61 Å². The fourth-order valence-electron chi connectivity index (χ4n) is 3.99. The lowest BCUT2D eigenvalue weighted by Gasteiger charge is -2.21. The summed E-state index contributed by atoms with van der Waals surface area (Å²) in [4.78, 5) is 44.6. The van der Waals surface area contributed by atoms with E-state index in [1.807, 2.05) is 30.3 Å². The monoisotopic (exact) mass is 440 g/mol. The zero-order valence-electron chi connectivity index (χ0n) is 17.6. The van der Waals surface area contributed by atoms with E-state index in [-0.39, 0.29) is 24.7 Å². The molecule has 2 aromatic heterocycles. The summed E-state index contributed by atoms with van der Waals surface area (Å²) in [5.74, 6) is -0.841. The first kappa shape index (κ1) is 21.2. The zero-order chi connectivity index (χ0) is 22.0. The van der Waals surface area contributed by atoms with Gasteiger partial charge in [0.15, 0.2) is 0 Å². The van der Waals surface area contributed by atoms with Crippen molar-refractivity contribution in [3.05, 3.63) is 62.5 Å². The van der Waals surface area contributed by atoms with E-state index in [1.54, 1.807) is 13.8 Å². The molecule has 7 nitrogen and oxygen atoms in total. The van der Waals surface area contributed by atoms with Gasteiger partial charge in [0, 0.05) is 4.88 Å². The second kappa shape index (κ2) is 9.01. The maximum Gasteiger partial charge on any atom is 0.326 e. The van der Waals surface area contributed by atoms with Crippen molar-refractivity contribution in [2.45, 2.75) is 52.2 Å². The Morgan fingerprint density at radius 3 is 2.74 bits per heavy atom. The second-order valence-corrected chi connectivity index (χ2v) is 8.60. The summed E-state index contributed by atoms with van der Waals surface area (Å²) in [5.41, 5.74) is 1.29. The van der Waals surface area contributed by atoms with E-state index in [0.29, 0.717) is 29.1 Å². The predicted molar refractivity (Wildman–Crippen MR) is 117 cm³/mol. The van der Waals surface area contributed by atoms with Crippen molar-refractivity contribution < 1.29 is 19.1 Å². The molecule has 3 aromatic rings. The van der Waals surface area contributed by atoms with Gasteiger partial charge in [-0.2, -0.15) is 0 Å². The second-order valence-electron chi connectivity index (χ2n) is 7.51. The van der Waals surface area contributed by atoms with Crippen LogP contribution in [0.4, 0.5) is 0 Å². The van der Waals surface area contributed by atoms with Crippen LogP contribution in [0.5, 0.6) is 0 Å². The minimum atomic E-state index is -0.513. The van der Waals surface area contributed by atoms with Crippen LogP contribution in [-0.2, 0) is 38.6 Å². The smallest absolute Gasteiger partial charge is 0.326 e. The predicted octanol–water partition coefficient (Wildman–Crippen LogP) is 3.49. The van der Waals surface area contributed by atoms with Gasteiger partial charge in [0.25, 0.3) is 5.56 Å². The molecule has 162 valence electrons. The highest BCUT2D eigenvalue weighted by molar-refractivity contribution is 7.18. The Bertz CT molecular complexity index is 1180. The molecule has 0 radical (unpaired) electrons. The van der Waals surface area contributed by atoms with Gasteiger partial charge in [-0.1, -0.05) is 30.3 Å². The summed E-state index contributed by atoms with van der Waals surface area (Å²) < 4.78 is 11.9. The maximum atomic E-state index is 13.4. The van der Waals surface area contributed by atoms with Crippen molar-refractivity contribution in [1.29, 1.82) is 0 Å². The molecule has 0 spiro atoms. The minimum Gasteiger partial charge on any atom is -0.466 e. The number of thiophene rings is 1. The highest BCUT2D eigenvalue weighted by Gasteiger charge is 2.33. The molecular weight excluding hydrogens is 416 g/mol. The van der Waals surface area contributed by atoms with Crippen LogP contribution in [0.15, 0.2) is 35.1 Å². The lowest BCUT2D eigenvalue weighted by Crippen LogP contribution is -2.29. The third-order valence-electron chi connectivity index (χ3n) is 5.46. The molecule has 0 saturated heterocycles. The highest BCUT2D eigenvalue weighted by Crippen LogP contribution is 2.41. The van der Waals surface area contributed by atoms with Crippen LogP contribution < -0.4 is 5.56 Å². The number of ether oxygens (including phenoxy) is 2. The molecule has 1 aliphatic carbocycles. The Labute approximate surface area is 183 Å². The van der Waals surface area contributed by atoms with E-state index in [4.69, 9.17) is 9.47 Å². The van der Waals surface area contributed by atoms with Crippen molar-refractivity contribution >= 4 is 33.5 Å². The van der Waals surface area contributed by atoms with Gasteiger partial charge >= 0.3 is 11.9 Å². The number of hydrogen-bond donors (Lipinski definition) is 0. The largest absolute Gasteiger partial charge is 0.466 e. The Morgan fingerprint density at radius 1 is 1.23 bits per heavy atom. The van der Waals surface area contributed by atoms with Gasteiger partial charge in [0.2, 0.25) is 0 Å². The summed E-state index contributed by atoms with van der Waals surface area (Å²) in [6, 6.07) is 9.36. The average molecular weight is 441 g/mol. The Morgan fingerprint density at radius 2 is 2.00 bits per heavy atom. The van der Waals surface area contributed by atoms with Crippen LogP contribution in [0.2, 0.25) is 0 Å². The maximum absolute atomic E-state index is 13.4. The third-order valence-corrected chi connectivity index (χ3v) is 6.62. The van der Waals surface area contributed by atoms with Gasteiger partial charge in [-0.25, -0.2) is 4.98 Å². The molecule has 31 heavy (non-hydrogen) atoms. The van der Waals surface area contributed by atoms with Gasteiger partial charge in [-0.05, 0) is 44.2 Å². The van der Waals surface area contributed by atoms with Crippen molar-refractivity contribution in [2.24, 2.45) is 0 Å². The van der Waals surface area contributed by atoms with Gasteiger partial charge in [-0.3, -0.25) is 19.0 Å². The Hall–Kier alpha value is -3.00. The zero-order valence-corrected chi connectivity index (χ0v) is 18.4. The first-order chi connectivity index (χ1) is 15.0. The van der Waals surface area contributed by atoms with Crippen LogP contribution in [-0.4, -0.2) is 28.1 Å². The fraction of sp³-hybridized carbons (Fsp3) is 0.391. The Balaban J connectivity index is 1.66. The number of fused-ring (bicyclic) bond motifs is 3. The Kier molecular flexibility index (Phi) is 6.18. The third kappa shape index (κ3) is 4.25. The van der Waals surface area contributed by atoms with Gasteiger partial charge in [-0.15, -0.1) is 11.3 Å². The van der Waals surface area contributed by atoms with Gasteiger partial charge in [0.05, 0.1) is 17.9 Å². The van der Waals surface area contributed by atoms with E-state index < -0.39 is 11.9 Å². The standard InChI is InChI=1S/C23H24N2O5S/c1-3-29-23(28)16-10-7-11-17-19(16)20-21(31-17)24-14(2)25(22(20)27)12-18(26)30-13-15-8-5-4-6-9-15/h4-6,8-9,16H,3,7,10-13H2,1-2H3. The lowest BCUT2D eigenvalue weighted by molar-refractivity contribution is -0.146. The summed E-state index contributed by atoms with van der Waals surface area (Å²) in [6.45, 7) is 3.68. The number of nitrogens with zero attached hydrogens (tertiary/aromatic N) is 2. The number of rotatable bonds is 6. The molecule has 0 bridgehead atoms. The highest BCUT2D eigenvalue weighted by atomic mass is 32.1. The number of carbonyl (C=O) groups excluding carboxylic acids is 2. The van der Waals surface area contributed by atoms with E-state index in [9.17, 15) is 14.4 Å². The fourth-order valence-corrected chi connectivity index (χ4v) is 5.31. The number of aromatic nitrogens is 2. The van der Waals surface area contributed by atoms with Crippen LogP contribution in [0.25, 0.3) is 10.2 Å². The number of hydrogen-bond acceptors (Lipinski definition) is 7. The van der Waals surface area contributed by atoms with E-state index in [0.717, 1.165) is 28.8 Å². The van der Waals surface area contributed by atoms with E-state index >= 15 is 0 Å². The molecular formula is C23H24N2O5S. The molecule has 0 amide bonds. The molecule has 0 saturated carbocycles. The molecule has 2 heterocycles. The molecule has 1 aliphatic rings. The van der Waals surface area contributed by atoms with Gasteiger partial charge in [0.1, 0.15) is 23.8 Å². The van der Waals surface area contributed by atoms with Crippen molar-refractivity contribution in [3.63, 3.8) is 0 Å². The molecule has 8 heteroatoms. The first-order valence-corrected chi connectivity index (χ1v) is 11.2. The average Bonchev–Trinajstić information content (AvgIpc) is 3.14. The molecule has 1 unspecified atom stereocenters. The molecule has 0 fully saturated rings. The molecule has 1 atom stereocenters. The van der Waals surface area contributed by atoms with E-state index in [2.05, 4.69) is 4.98 Å². The summed E-state index contributed by atoms with van der Waals surface area (Å²) >= 11 is 1.45. The lowest BCUT2D eigenvalue weighted by atomic mass is 9.86. The summed E-state index contributed by atoms with van der Waals surface area (Å²) in [5, 5.41) is 0.430. The van der Waals surface area contributed by atoms with Crippen LogP contribution in [0, 0.1) is 6.92 Å². The summed E-state index contributed by atoms with van der Waals surface area (Å²) in [6.07, 6.45) is 2.32. The molecule has 0 N–H and O–H groups in total. The molecule has 4 rings (SSSR count). The number of benzene rings is 1. The normalized spacial score (nSPS) is 15.5. The van der Waals surface area contributed by atoms with Crippen molar-refractivity contribution in [1.82, 2.24) is 9.55 Å². The number of aryl methyl sites for hydroxylation is 2. The quantitative estimate of drug-likeness (QED) is 0.545. The van der Waals surface area contributed by atoms with Crippen LogP contribution >= 0.6 is 11.3 Å². The van der Waals surface area contributed by atoms with Crippen LogP contribution in [0.3, 0.4) is 0 Å². The number of carbonyl (C=O) groups is 2. The molecule has 0 aliphatic heterocycles. The van der Waals surface area contributed by atoms with Crippen molar-refractivity contribution in [3.8, 4) is 0 Å². The minimum absolute atomic E-state index is 0.141.